The lowest BCUT2D eigenvalue weighted by Crippen LogP contribution is -2.25. The Balaban J connectivity index is 1.65. The Morgan fingerprint density at radius 2 is 1.86 bits per heavy atom. The van der Waals surface area contributed by atoms with E-state index in [0.29, 0.717) is 30.7 Å². The minimum atomic E-state index is -0.357. The summed E-state index contributed by atoms with van der Waals surface area (Å²) in [5.74, 6) is 0.702. The SMILES string of the molecule is COC(=O)c1ccc(SCCCC(=O)NCCc2cc(F)ccc2OC)cc1. The van der Waals surface area contributed by atoms with Crippen molar-refractivity contribution in [2.45, 2.75) is 24.2 Å². The minimum absolute atomic E-state index is 0.0305. The van der Waals surface area contributed by atoms with Gasteiger partial charge in [-0.15, -0.1) is 11.8 Å². The predicted octanol–water partition coefficient (Wildman–Crippen LogP) is 3.85. The first kappa shape index (κ1) is 21.8. The number of amides is 1. The number of methoxy groups -OCH3 is 2. The molecule has 0 saturated heterocycles. The second-order valence-corrected chi connectivity index (χ2v) is 7.19. The van der Waals surface area contributed by atoms with Crippen LogP contribution in [0.25, 0.3) is 0 Å². The highest BCUT2D eigenvalue weighted by atomic mass is 32.2. The number of carbonyl (C=O) groups is 2. The molecule has 0 aliphatic rings. The van der Waals surface area contributed by atoms with Gasteiger partial charge in [-0.05, 0) is 66.6 Å². The molecular formula is C21H24FNO4S. The molecule has 0 spiro atoms. The lowest BCUT2D eigenvalue weighted by Gasteiger charge is -2.09. The lowest BCUT2D eigenvalue weighted by atomic mass is 10.1. The summed E-state index contributed by atoms with van der Waals surface area (Å²) >= 11 is 1.63. The number of carbonyl (C=O) groups excluding carboxylic acids is 2. The molecule has 0 radical (unpaired) electrons. The summed E-state index contributed by atoms with van der Waals surface area (Å²) in [6.07, 6.45) is 1.67. The molecule has 0 aliphatic carbocycles. The van der Waals surface area contributed by atoms with Gasteiger partial charge < -0.3 is 14.8 Å². The van der Waals surface area contributed by atoms with E-state index in [1.807, 2.05) is 12.1 Å². The normalized spacial score (nSPS) is 10.4. The zero-order chi connectivity index (χ0) is 20.4. The van der Waals surface area contributed by atoms with E-state index in [9.17, 15) is 14.0 Å². The fourth-order valence-corrected chi connectivity index (χ4v) is 3.45. The molecule has 5 nitrogen and oxygen atoms in total. The number of rotatable bonds is 10. The first-order valence-corrected chi connectivity index (χ1v) is 9.92. The van der Waals surface area contributed by atoms with Crippen LogP contribution in [0, 0.1) is 5.82 Å². The van der Waals surface area contributed by atoms with E-state index in [-0.39, 0.29) is 17.7 Å². The average Bonchev–Trinajstić information content (AvgIpc) is 2.71. The van der Waals surface area contributed by atoms with Crippen molar-refractivity contribution in [3.05, 3.63) is 59.4 Å². The molecule has 28 heavy (non-hydrogen) atoms. The highest BCUT2D eigenvalue weighted by molar-refractivity contribution is 7.99. The monoisotopic (exact) mass is 405 g/mol. The molecule has 0 fully saturated rings. The van der Waals surface area contributed by atoms with Crippen LogP contribution in [0.3, 0.4) is 0 Å². The third-order valence-electron chi connectivity index (χ3n) is 4.05. The van der Waals surface area contributed by atoms with Crippen LogP contribution < -0.4 is 10.1 Å². The molecule has 2 aromatic carbocycles. The van der Waals surface area contributed by atoms with E-state index < -0.39 is 0 Å². The van der Waals surface area contributed by atoms with Crippen LogP contribution in [0.1, 0.15) is 28.8 Å². The Labute approximate surface area is 168 Å². The van der Waals surface area contributed by atoms with Crippen LogP contribution >= 0.6 is 11.8 Å². The number of hydrogen-bond donors (Lipinski definition) is 1. The van der Waals surface area contributed by atoms with Crippen molar-refractivity contribution in [1.29, 1.82) is 0 Å². The zero-order valence-electron chi connectivity index (χ0n) is 16.0. The van der Waals surface area contributed by atoms with E-state index in [1.54, 1.807) is 30.0 Å². The molecule has 0 heterocycles. The third kappa shape index (κ3) is 6.88. The fraction of sp³-hybridized carbons (Fsp3) is 0.333. The van der Waals surface area contributed by atoms with Crippen molar-refractivity contribution < 1.29 is 23.5 Å². The van der Waals surface area contributed by atoms with Crippen molar-refractivity contribution >= 4 is 23.6 Å². The Morgan fingerprint density at radius 3 is 2.54 bits per heavy atom. The van der Waals surface area contributed by atoms with Crippen molar-refractivity contribution in [2.24, 2.45) is 0 Å². The van der Waals surface area contributed by atoms with E-state index in [4.69, 9.17) is 4.74 Å². The minimum Gasteiger partial charge on any atom is -0.496 e. The maximum Gasteiger partial charge on any atom is 0.337 e. The van der Waals surface area contributed by atoms with Gasteiger partial charge in [0.1, 0.15) is 11.6 Å². The van der Waals surface area contributed by atoms with Crippen molar-refractivity contribution in [3.63, 3.8) is 0 Å². The average molecular weight is 405 g/mol. The molecular weight excluding hydrogens is 381 g/mol. The second kappa shape index (κ2) is 11.3. The first-order valence-electron chi connectivity index (χ1n) is 8.93. The van der Waals surface area contributed by atoms with Gasteiger partial charge in [-0.25, -0.2) is 9.18 Å². The standard InChI is InChI=1S/C21H24FNO4S/c1-26-19-10-7-17(22)14-16(19)11-12-23-20(24)4-3-13-28-18-8-5-15(6-9-18)21(25)27-2/h5-10,14H,3-4,11-13H2,1-2H3,(H,23,24). The van der Waals surface area contributed by atoms with Gasteiger partial charge in [-0.3, -0.25) is 4.79 Å². The van der Waals surface area contributed by atoms with Crippen molar-refractivity contribution in [3.8, 4) is 5.75 Å². The van der Waals surface area contributed by atoms with E-state index in [2.05, 4.69) is 10.1 Å². The van der Waals surface area contributed by atoms with Gasteiger partial charge in [-0.2, -0.15) is 0 Å². The predicted molar refractivity (Wildman–Crippen MR) is 107 cm³/mol. The van der Waals surface area contributed by atoms with Gasteiger partial charge in [0.25, 0.3) is 0 Å². The van der Waals surface area contributed by atoms with E-state index >= 15 is 0 Å². The summed E-state index contributed by atoms with van der Waals surface area (Å²) in [7, 11) is 2.89. The molecule has 0 aromatic heterocycles. The highest BCUT2D eigenvalue weighted by Gasteiger charge is 2.07. The summed E-state index contributed by atoms with van der Waals surface area (Å²) in [4.78, 5) is 24.4. The molecule has 2 rings (SSSR count). The number of hydrogen-bond acceptors (Lipinski definition) is 5. The van der Waals surface area contributed by atoms with Crippen molar-refractivity contribution in [1.82, 2.24) is 5.32 Å². The van der Waals surface area contributed by atoms with Gasteiger partial charge in [-0.1, -0.05) is 0 Å². The van der Waals surface area contributed by atoms with Crippen LogP contribution in [0.15, 0.2) is 47.4 Å². The summed E-state index contributed by atoms with van der Waals surface area (Å²) in [5, 5.41) is 2.85. The highest BCUT2D eigenvalue weighted by Crippen LogP contribution is 2.21. The molecule has 0 bridgehead atoms. The number of esters is 1. The van der Waals surface area contributed by atoms with E-state index in [0.717, 1.165) is 22.6 Å². The van der Waals surface area contributed by atoms with Crippen LogP contribution in [0.4, 0.5) is 4.39 Å². The summed E-state index contributed by atoms with van der Waals surface area (Å²) in [5.41, 5.74) is 1.25. The molecule has 0 atom stereocenters. The maximum atomic E-state index is 13.3. The lowest BCUT2D eigenvalue weighted by molar-refractivity contribution is -0.121. The topological polar surface area (TPSA) is 64.6 Å². The molecule has 150 valence electrons. The molecule has 1 amide bonds. The quantitative estimate of drug-likeness (QED) is 0.370. The number of halogens is 1. The summed E-state index contributed by atoms with van der Waals surface area (Å²) < 4.78 is 23.2. The van der Waals surface area contributed by atoms with Gasteiger partial charge in [0, 0.05) is 17.9 Å². The van der Waals surface area contributed by atoms with Gasteiger partial charge in [0.15, 0.2) is 0 Å². The fourth-order valence-electron chi connectivity index (χ4n) is 2.60. The van der Waals surface area contributed by atoms with Gasteiger partial charge in [0.05, 0.1) is 19.8 Å². The van der Waals surface area contributed by atoms with Gasteiger partial charge >= 0.3 is 5.97 Å². The Morgan fingerprint density at radius 1 is 1.11 bits per heavy atom. The Bertz CT molecular complexity index is 795. The smallest absolute Gasteiger partial charge is 0.337 e. The van der Waals surface area contributed by atoms with Crippen molar-refractivity contribution in [2.75, 3.05) is 26.5 Å². The van der Waals surface area contributed by atoms with Crippen LogP contribution in [0.2, 0.25) is 0 Å². The molecule has 2 aromatic rings. The van der Waals surface area contributed by atoms with E-state index in [1.165, 1.54) is 26.4 Å². The number of benzene rings is 2. The maximum absolute atomic E-state index is 13.3. The van der Waals surface area contributed by atoms with Crippen LogP contribution in [-0.2, 0) is 16.0 Å². The summed E-state index contributed by atoms with van der Waals surface area (Å²) in [6, 6.07) is 11.5. The summed E-state index contributed by atoms with van der Waals surface area (Å²) in [6.45, 7) is 0.431. The van der Waals surface area contributed by atoms with Crippen LogP contribution in [-0.4, -0.2) is 38.4 Å². The molecule has 1 N–H and O–H groups in total. The molecule has 0 unspecified atom stereocenters. The number of nitrogens with one attached hydrogen (secondary N) is 1. The first-order chi connectivity index (χ1) is 13.5. The molecule has 0 saturated carbocycles. The Hall–Kier alpha value is -2.54. The number of thioether (sulfide) groups is 1. The molecule has 0 aliphatic heterocycles. The third-order valence-corrected chi connectivity index (χ3v) is 5.15. The zero-order valence-corrected chi connectivity index (χ0v) is 16.8. The number of ether oxygens (including phenoxy) is 2. The second-order valence-electron chi connectivity index (χ2n) is 6.02. The van der Waals surface area contributed by atoms with Gasteiger partial charge in [0.2, 0.25) is 5.91 Å². The van der Waals surface area contributed by atoms with Crippen LogP contribution in [0.5, 0.6) is 5.75 Å². The Kier molecular flexibility index (Phi) is 8.81. The largest absolute Gasteiger partial charge is 0.496 e. The molecule has 7 heteroatoms.